The van der Waals surface area contributed by atoms with Crippen LogP contribution in [0.3, 0.4) is 0 Å². The minimum absolute atomic E-state index is 0.562. The monoisotopic (exact) mass is 230 g/mol. The summed E-state index contributed by atoms with van der Waals surface area (Å²) in [6, 6.07) is 1.72. The van der Waals surface area contributed by atoms with E-state index < -0.39 is 34.9 Å². The average Bonchev–Trinajstić information content (AvgIpc) is 2.17. The van der Waals surface area contributed by atoms with Gasteiger partial charge in [-0.05, 0) is 12.1 Å². The molecule has 0 aliphatic heterocycles. The molecule has 6 heteroatoms. The quantitative estimate of drug-likeness (QED) is 0.573. The Labute approximate surface area is 89.8 Å². The lowest BCUT2D eigenvalue weighted by atomic mass is 10.2. The molecular formula is C10H8F2O4. The smallest absolute Gasteiger partial charge is 0.348 e. The van der Waals surface area contributed by atoms with Gasteiger partial charge in [0.2, 0.25) is 0 Å². The average molecular weight is 230 g/mol. The molecule has 0 radical (unpaired) electrons. The highest BCUT2D eigenvalue weighted by atomic mass is 19.1. The Bertz CT molecular complexity index is 443. The summed E-state index contributed by atoms with van der Waals surface area (Å²) in [6.07, 6.45) is 0. The van der Waals surface area contributed by atoms with Gasteiger partial charge in [0.15, 0.2) is 17.4 Å². The molecule has 0 aliphatic rings. The first-order chi connectivity index (χ1) is 7.47. The third-order valence-electron chi connectivity index (χ3n) is 1.71. The standard InChI is InChI=1S/C10H8F2O4/c1-5(13)16-10(14)6-3-4-7(11)9(15-2)8(6)12/h3-4H,1-2H3. The summed E-state index contributed by atoms with van der Waals surface area (Å²) in [7, 11) is 1.06. The maximum Gasteiger partial charge on any atom is 0.348 e. The summed E-state index contributed by atoms with van der Waals surface area (Å²) in [6.45, 7) is 0.997. The second kappa shape index (κ2) is 4.69. The van der Waals surface area contributed by atoms with Gasteiger partial charge in [-0.25, -0.2) is 13.6 Å². The van der Waals surface area contributed by atoms with Crippen molar-refractivity contribution in [3.63, 3.8) is 0 Å². The van der Waals surface area contributed by atoms with Gasteiger partial charge < -0.3 is 9.47 Å². The Balaban J connectivity index is 3.15. The highest BCUT2D eigenvalue weighted by molar-refractivity contribution is 5.96. The van der Waals surface area contributed by atoms with Crippen molar-refractivity contribution in [2.45, 2.75) is 6.92 Å². The topological polar surface area (TPSA) is 52.6 Å². The summed E-state index contributed by atoms with van der Waals surface area (Å²) < 4.78 is 35.0. The van der Waals surface area contributed by atoms with Crippen LogP contribution in [0.1, 0.15) is 17.3 Å². The van der Waals surface area contributed by atoms with E-state index in [2.05, 4.69) is 9.47 Å². The fourth-order valence-electron chi connectivity index (χ4n) is 1.06. The van der Waals surface area contributed by atoms with E-state index in [1.807, 2.05) is 0 Å². The molecule has 16 heavy (non-hydrogen) atoms. The summed E-state index contributed by atoms with van der Waals surface area (Å²) in [5, 5.41) is 0. The largest absolute Gasteiger partial charge is 0.491 e. The molecule has 0 heterocycles. The number of methoxy groups -OCH3 is 1. The van der Waals surface area contributed by atoms with Crippen molar-refractivity contribution in [2.75, 3.05) is 7.11 Å². The van der Waals surface area contributed by atoms with Gasteiger partial charge in [0.05, 0.1) is 12.7 Å². The summed E-state index contributed by atoms with van der Waals surface area (Å²) in [4.78, 5) is 21.7. The van der Waals surface area contributed by atoms with Crippen molar-refractivity contribution in [1.29, 1.82) is 0 Å². The zero-order valence-electron chi connectivity index (χ0n) is 8.54. The molecule has 1 rings (SSSR count). The number of hydrogen-bond acceptors (Lipinski definition) is 4. The van der Waals surface area contributed by atoms with E-state index >= 15 is 0 Å². The third-order valence-corrected chi connectivity index (χ3v) is 1.71. The van der Waals surface area contributed by atoms with Crippen LogP contribution in [0.25, 0.3) is 0 Å². The van der Waals surface area contributed by atoms with Crippen LogP contribution in [-0.4, -0.2) is 19.0 Å². The first kappa shape index (κ1) is 12.1. The number of hydrogen-bond donors (Lipinski definition) is 0. The van der Waals surface area contributed by atoms with Gasteiger partial charge in [-0.3, -0.25) is 4.79 Å². The predicted octanol–water partition coefficient (Wildman–Crippen LogP) is 1.68. The normalized spacial score (nSPS) is 9.75. The van der Waals surface area contributed by atoms with Gasteiger partial charge in [-0.15, -0.1) is 0 Å². The van der Waals surface area contributed by atoms with Crippen molar-refractivity contribution < 1.29 is 27.8 Å². The molecule has 0 aromatic heterocycles. The van der Waals surface area contributed by atoms with E-state index in [4.69, 9.17) is 0 Å². The number of ether oxygens (including phenoxy) is 2. The van der Waals surface area contributed by atoms with Crippen molar-refractivity contribution in [3.05, 3.63) is 29.3 Å². The fourth-order valence-corrected chi connectivity index (χ4v) is 1.06. The van der Waals surface area contributed by atoms with Crippen LogP contribution in [0.4, 0.5) is 8.78 Å². The van der Waals surface area contributed by atoms with Crippen molar-refractivity contribution in [2.24, 2.45) is 0 Å². The molecular weight excluding hydrogens is 222 g/mol. The Morgan fingerprint density at radius 1 is 1.25 bits per heavy atom. The van der Waals surface area contributed by atoms with Crippen LogP contribution in [0, 0.1) is 11.6 Å². The molecule has 0 N–H and O–H groups in total. The Morgan fingerprint density at radius 3 is 2.38 bits per heavy atom. The molecule has 0 spiro atoms. The Morgan fingerprint density at radius 2 is 1.88 bits per heavy atom. The van der Waals surface area contributed by atoms with Crippen molar-refractivity contribution in [3.8, 4) is 5.75 Å². The summed E-state index contributed by atoms with van der Waals surface area (Å²) >= 11 is 0. The first-order valence-electron chi connectivity index (χ1n) is 4.22. The first-order valence-corrected chi connectivity index (χ1v) is 4.22. The zero-order valence-corrected chi connectivity index (χ0v) is 8.54. The molecule has 0 atom stereocenters. The minimum Gasteiger partial charge on any atom is -0.491 e. The van der Waals surface area contributed by atoms with Gasteiger partial charge >= 0.3 is 11.9 Å². The van der Waals surface area contributed by atoms with Crippen LogP contribution < -0.4 is 4.74 Å². The zero-order chi connectivity index (χ0) is 12.3. The SMILES string of the molecule is COc1c(F)ccc(C(=O)OC(C)=O)c1F. The van der Waals surface area contributed by atoms with Gasteiger partial charge in [-0.2, -0.15) is 0 Å². The number of halogens is 2. The van der Waals surface area contributed by atoms with Gasteiger partial charge in [-0.1, -0.05) is 0 Å². The Hall–Kier alpha value is -1.98. The molecule has 1 aromatic carbocycles. The van der Waals surface area contributed by atoms with Crippen molar-refractivity contribution >= 4 is 11.9 Å². The van der Waals surface area contributed by atoms with E-state index in [0.717, 1.165) is 26.2 Å². The van der Waals surface area contributed by atoms with E-state index in [-0.39, 0.29) is 0 Å². The predicted molar refractivity (Wildman–Crippen MR) is 49.0 cm³/mol. The highest BCUT2D eigenvalue weighted by Crippen LogP contribution is 2.24. The molecule has 0 unspecified atom stereocenters. The molecule has 86 valence electrons. The van der Waals surface area contributed by atoms with Gasteiger partial charge in [0.25, 0.3) is 0 Å². The molecule has 0 fully saturated rings. The lowest BCUT2D eigenvalue weighted by Crippen LogP contribution is -2.12. The van der Waals surface area contributed by atoms with Crippen LogP contribution in [-0.2, 0) is 9.53 Å². The van der Waals surface area contributed by atoms with Crippen molar-refractivity contribution in [1.82, 2.24) is 0 Å². The van der Waals surface area contributed by atoms with Gasteiger partial charge in [0.1, 0.15) is 0 Å². The summed E-state index contributed by atoms with van der Waals surface area (Å²) in [5.41, 5.74) is -0.562. The maximum atomic E-state index is 13.5. The molecule has 0 bridgehead atoms. The lowest BCUT2D eigenvalue weighted by Gasteiger charge is -2.06. The minimum atomic E-state index is -1.20. The summed E-state index contributed by atoms with van der Waals surface area (Å²) in [5.74, 6) is -4.91. The number of benzene rings is 1. The van der Waals surface area contributed by atoms with E-state index in [0.29, 0.717) is 0 Å². The molecule has 0 saturated carbocycles. The molecule has 0 amide bonds. The van der Waals surface area contributed by atoms with E-state index in [1.54, 1.807) is 0 Å². The molecule has 4 nitrogen and oxygen atoms in total. The number of esters is 2. The van der Waals surface area contributed by atoms with Crippen LogP contribution >= 0.6 is 0 Å². The molecule has 1 aromatic rings. The number of carbonyl (C=O) groups is 2. The van der Waals surface area contributed by atoms with E-state index in [1.165, 1.54) is 0 Å². The third kappa shape index (κ3) is 2.33. The maximum absolute atomic E-state index is 13.5. The number of carbonyl (C=O) groups excluding carboxylic acids is 2. The van der Waals surface area contributed by atoms with Crippen LogP contribution in [0.2, 0.25) is 0 Å². The second-order valence-corrected chi connectivity index (χ2v) is 2.82. The fraction of sp³-hybridized carbons (Fsp3) is 0.200. The van der Waals surface area contributed by atoms with Crippen LogP contribution in [0.5, 0.6) is 5.75 Å². The number of rotatable bonds is 2. The van der Waals surface area contributed by atoms with E-state index in [9.17, 15) is 18.4 Å². The highest BCUT2D eigenvalue weighted by Gasteiger charge is 2.21. The second-order valence-electron chi connectivity index (χ2n) is 2.82. The van der Waals surface area contributed by atoms with Gasteiger partial charge in [0, 0.05) is 6.92 Å². The molecule has 0 saturated heterocycles. The lowest BCUT2D eigenvalue weighted by molar-refractivity contribution is -0.135. The Kier molecular flexibility index (Phi) is 3.55. The molecule has 0 aliphatic carbocycles. The van der Waals surface area contributed by atoms with Crippen LogP contribution in [0.15, 0.2) is 12.1 Å².